The minimum Gasteiger partial charge on any atom is -0.322 e. The maximum atomic E-state index is 5.68. The third-order valence-electron chi connectivity index (χ3n) is 3.72. The lowest BCUT2D eigenvalue weighted by molar-refractivity contribution is 0.280. The van der Waals surface area contributed by atoms with Gasteiger partial charge in [0, 0.05) is 11.1 Å². The highest BCUT2D eigenvalue weighted by atomic mass is 32.9. The number of hydrogen-bond donors (Lipinski definition) is 0. The topological polar surface area (TPSA) is 88.5 Å². The predicted molar refractivity (Wildman–Crippen MR) is 151 cm³/mol. The Balaban J connectivity index is 1.71. The van der Waals surface area contributed by atoms with E-state index in [4.69, 9.17) is 41.7 Å². The van der Waals surface area contributed by atoms with Gasteiger partial charge in [0.15, 0.2) is 8.68 Å². The van der Waals surface area contributed by atoms with Gasteiger partial charge in [0.05, 0.1) is 26.4 Å². The summed E-state index contributed by atoms with van der Waals surface area (Å²) >= 11 is 16.8. The van der Waals surface area contributed by atoms with Crippen molar-refractivity contribution in [2.45, 2.75) is 36.4 Å². The number of nitrogens with zero attached hydrogens (tertiary/aromatic N) is 4. The van der Waals surface area contributed by atoms with Gasteiger partial charge in [-0.15, -0.1) is 20.4 Å². The van der Waals surface area contributed by atoms with Gasteiger partial charge in [0.25, 0.3) is 11.4 Å². The quantitative estimate of drug-likeness (QED) is 0.168. The lowest BCUT2D eigenvalue weighted by atomic mass is 10.1. The fourth-order valence-electron chi connectivity index (χ4n) is 2.49. The Bertz CT molecular complexity index is 1050. The zero-order valence-electron chi connectivity index (χ0n) is 18.9. The minimum atomic E-state index is -2.47. The average Bonchev–Trinajstić information content (AvgIpc) is 3.44. The highest BCUT2D eigenvalue weighted by molar-refractivity contribution is 8.68. The minimum absolute atomic E-state index is 0.496. The number of hydrogen-bond acceptors (Lipinski definition) is 14. The fourth-order valence-corrected chi connectivity index (χ4v) is 15.7. The Morgan fingerprint density at radius 2 is 0.971 bits per heavy atom. The second kappa shape index (κ2) is 13.6. The maximum absolute atomic E-state index is 5.68. The third kappa shape index (κ3) is 8.09. The van der Waals surface area contributed by atoms with Crippen molar-refractivity contribution in [3.8, 4) is 21.1 Å². The predicted octanol–water partition coefficient (Wildman–Crippen LogP) is 7.50. The molecular weight excluding hydrogens is 591 g/mol. The summed E-state index contributed by atoms with van der Waals surface area (Å²) in [6.07, 6.45) is 0. The van der Waals surface area contributed by atoms with Crippen molar-refractivity contribution in [2.24, 2.45) is 0 Å². The van der Waals surface area contributed by atoms with E-state index in [9.17, 15) is 0 Å². The van der Waals surface area contributed by atoms with Crippen LogP contribution in [0.5, 0.6) is 0 Å². The van der Waals surface area contributed by atoms with E-state index in [1.807, 2.05) is 52.0 Å². The first-order chi connectivity index (χ1) is 16.3. The van der Waals surface area contributed by atoms with E-state index >= 15 is 0 Å². The van der Waals surface area contributed by atoms with Gasteiger partial charge in [0.2, 0.25) is 0 Å². The molecule has 16 heteroatoms. The molecule has 0 radical (unpaired) electrons. The molecule has 34 heavy (non-hydrogen) atoms. The summed E-state index contributed by atoms with van der Waals surface area (Å²) in [6, 6.07) is 7.96. The first kappa shape index (κ1) is 28.7. The lowest BCUT2D eigenvalue weighted by Crippen LogP contribution is -1.91. The molecule has 0 N–H and O–H groups in total. The second-order valence-corrected chi connectivity index (χ2v) is 20.8. The smallest absolute Gasteiger partial charge is 0.254 e. The summed E-state index contributed by atoms with van der Waals surface area (Å²) < 4.78 is 24.2. The van der Waals surface area contributed by atoms with Gasteiger partial charge >= 0.3 is 0 Å². The molecule has 1 aromatic carbocycles. The van der Waals surface area contributed by atoms with Crippen LogP contribution in [0.2, 0.25) is 0 Å². The molecular formula is C18H24N4O4P2S6. The van der Waals surface area contributed by atoms with Crippen molar-refractivity contribution in [2.75, 3.05) is 26.4 Å². The number of aromatic nitrogens is 4. The molecule has 0 saturated heterocycles. The Hall–Kier alpha value is 0.180. The molecule has 0 unspecified atom stereocenters. The molecule has 0 amide bonds. The summed E-state index contributed by atoms with van der Waals surface area (Å²) in [6.45, 7) is 9.60. The maximum Gasteiger partial charge on any atom is 0.254 e. The summed E-state index contributed by atoms with van der Waals surface area (Å²) in [5.74, 6) is 0. The molecule has 0 aliphatic rings. The molecule has 3 aromatic rings. The molecule has 0 fully saturated rings. The Labute approximate surface area is 225 Å². The van der Waals surface area contributed by atoms with E-state index in [1.165, 1.54) is 45.4 Å². The van der Waals surface area contributed by atoms with Crippen LogP contribution >= 0.6 is 56.8 Å². The van der Waals surface area contributed by atoms with Crippen LogP contribution in [0.15, 0.2) is 32.9 Å². The van der Waals surface area contributed by atoms with Crippen LogP contribution < -0.4 is 0 Å². The lowest BCUT2D eigenvalue weighted by Gasteiger charge is -2.17. The van der Waals surface area contributed by atoms with Gasteiger partial charge in [-0.05, 0) is 74.1 Å². The van der Waals surface area contributed by atoms with Gasteiger partial charge in [-0.3, -0.25) is 0 Å². The van der Waals surface area contributed by atoms with E-state index in [1.54, 1.807) is 0 Å². The SMILES string of the molecule is CCOP(=S)(OCC)Sc1nnc(-c2ccc(-c3nnc(SP(=S)(OCC)OCC)s3)cc2)s1. The summed E-state index contributed by atoms with van der Waals surface area (Å²) in [5.41, 5.74) is -3.03. The molecule has 186 valence electrons. The zero-order valence-corrected chi connectivity index (χ0v) is 25.6. The van der Waals surface area contributed by atoms with Gasteiger partial charge in [-0.25, -0.2) is 0 Å². The van der Waals surface area contributed by atoms with Crippen molar-refractivity contribution in [1.82, 2.24) is 20.4 Å². The van der Waals surface area contributed by atoms with Gasteiger partial charge in [-0.2, -0.15) is 0 Å². The molecule has 0 aliphatic heterocycles. The van der Waals surface area contributed by atoms with Crippen LogP contribution in [-0.4, -0.2) is 46.8 Å². The third-order valence-corrected chi connectivity index (χ3v) is 16.5. The summed E-state index contributed by atoms with van der Waals surface area (Å²) in [7, 11) is 0. The van der Waals surface area contributed by atoms with Crippen LogP contribution in [0.1, 0.15) is 27.7 Å². The molecule has 0 atom stereocenters. The molecule has 0 bridgehead atoms. The normalized spacial score (nSPS) is 12.4. The van der Waals surface area contributed by atoms with Crippen molar-refractivity contribution in [3.63, 3.8) is 0 Å². The van der Waals surface area contributed by atoms with Crippen molar-refractivity contribution < 1.29 is 18.1 Å². The fraction of sp³-hybridized carbons (Fsp3) is 0.444. The van der Waals surface area contributed by atoms with Crippen LogP contribution in [0, 0.1) is 0 Å². The average molecular weight is 615 g/mol. The Morgan fingerprint density at radius 1 is 0.647 bits per heavy atom. The van der Waals surface area contributed by atoms with E-state index in [0.717, 1.165) is 29.8 Å². The Kier molecular flexibility index (Phi) is 11.5. The molecule has 0 spiro atoms. The monoisotopic (exact) mass is 614 g/mol. The summed E-state index contributed by atoms with van der Waals surface area (Å²) in [5, 5.41) is 18.8. The molecule has 8 nitrogen and oxygen atoms in total. The Morgan fingerprint density at radius 3 is 1.26 bits per heavy atom. The highest BCUT2D eigenvalue weighted by Crippen LogP contribution is 2.65. The molecule has 2 heterocycles. The van der Waals surface area contributed by atoms with E-state index in [-0.39, 0.29) is 0 Å². The van der Waals surface area contributed by atoms with E-state index < -0.39 is 11.4 Å². The van der Waals surface area contributed by atoms with Crippen LogP contribution in [0.4, 0.5) is 0 Å². The second-order valence-electron chi connectivity index (χ2n) is 6.07. The number of benzene rings is 1. The largest absolute Gasteiger partial charge is 0.322 e. The molecule has 0 aliphatic carbocycles. The van der Waals surface area contributed by atoms with Crippen molar-refractivity contribution in [1.29, 1.82) is 0 Å². The first-order valence-electron chi connectivity index (χ1n) is 10.3. The van der Waals surface area contributed by atoms with Crippen LogP contribution in [0.25, 0.3) is 21.1 Å². The van der Waals surface area contributed by atoms with E-state index in [0.29, 0.717) is 26.4 Å². The molecule has 2 aromatic heterocycles. The van der Waals surface area contributed by atoms with Gasteiger partial charge in [-0.1, -0.05) is 46.9 Å². The number of rotatable bonds is 14. The molecule has 0 saturated carbocycles. The van der Waals surface area contributed by atoms with Gasteiger partial charge < -0.3 is 18.1 Å². The highest BCUT2D eigenvalue weighted by Gasteiger charge is 2.24. The van der Waals surface area contributed by atoms with Gasteiger partial charge in [0.1, 0.15) is 10.0 Å². The van der Waals surface area contributed by atoms with E-state index in [2.05, 4.69) is 20.4 Å². The standard InChI is InChI=1S/C18H24N4O4P2S6/c1-5-23-27(29,24-6-2)33-17-21-19-15(31-17)13-9-11-14(12-10-13)16-20-22-18(32-16)34-28(30,25-7-3)26-8-4/h9-12H,5-8H2,1-4H3. The van der Waals surface area contributed by atoms with Crippen molar-refractivity contribution in [3.05, 3.63) is 24.3 Å². The first-order valence-corrected chi connectivity index (χ1v) is 20.0. The summed E-state index contributed by atoms with van der Waals surface area (Å²) in [4.78, 5) is 0. The van der Waals surface area contributed by atoms with Crippen LogP contribution in [0.3, 0.4) is 0 Å². The van der Waals surface area contributed by atoms with Crippen LogP contribution in [-0.2, 0) is 41.7 Å². The zero-order chi connectivity index (χ0) is 24.6. The van der Waals surface area contributed by atoms with Crippen molar-refractivity contribution >= 4 is 80.4 Å². The molecule has 3 rings (SSSR count).